The smallest absolute Gasteiger partial charge is 0.211 e. The molecule has 0 aromatic carbocycles. The number of aryl methyl sites for hydroxylation is 1. The van der Waals surface area contributed by atoms with Crippen molar-refractivity contribution in [3.63, 3.8) is 0 Å². The first-order valence-electron chi connectivity index (χ1n) is 6.58. The molecule has 1 aliphatic heterocycles. The number of nitrogens with one attached hydrogen (secondary N) is 1. The molecule has 0 bridgehead atoms. The fourth-order valence-corrected chi connectivity index (χ4v) is 3.54. The Bertz CT molecular complexity index is 481. The SMILES string of the molecule is CCCCS(=O)(=O)NCC1CCn2ccnc2C1. The minimum Gasteiger partial charge on any atom is -0.335 e. The van der Waals surface area contributed by atoms with Crippen LogP contribution >= 0.6 is 0 Å². The van der Waals surface area contributed by atoms with Crippen molar-refractivity contribution >= 4 is 10.0 Å². The second-order valence-corrected chi connectivity index (χ2v) is 6.84. The van der Waals surface area contributed by atoms with E-state index in [1.54, 1.807) is 0 Å². The average molecular weight is 271 g/mol. The lowest BCUT2D eigenvalue weighted by Gasteiger charge is -2.23. The number of sulfonamides is 1. The van der Waals surface area contributed by atoms with Crippen LogP contribution in [0.4, 0.5) is 0 Å². The molecule has 1 aromatic rings. The summed E-state index contributed by atoms with van der Waals surface area (Å²) in [6.07, 6.45) is 7.30. The molecule has 6 heteroatoms. The molecule has 1 unspecified atom stereocenters. The number of nitrogens with zero attached hydrogens (tertiary/aromatic N) is 2. The summed E-state index contributed by atoms with van der Waals surface area (Å²) in [5.41, 5.74) is 0. The van der Waals surface area contributed by atoms with Crippen molar-refractivity contribution in [3.8, 4) is 0 Å². The summed E-state index contributed by atoms with van der Waals surface area (Å²) in [5, 5.41) is 0. The highest BCUT2D eigenvalue weighted by molar-refractivity contribution is 7.89. The van der Waals surface area contributed by atoms with Crippen LogP contribution in [0, 0.1) is 5.92 Å². The van der Waals surface area contributed by atoms with E-state index >= 15 is 0 Å². The summed E-state index contributed by atoms with van der Waals surface area (Å²) < 4.78 is 28.3. The van der Waals surface area contributed by atoms with E-state index in [1.165, 1.54) is 0 Å². The molecule has 1 atom stereocenters. The Labute approximate surface area is 109 Å². The van der Waals surface area contributed by atoms with Crippen LogP contribution in [0.3, 0.4) is 0 Å². The predicted octanol–water partition coefficient (Wildman–Crippen LogP) is 1.16. The van der Waals surface area contributed by atoms with E-state index < -0.39 is 10.0 Å². The first-order chi connectivity index (χ1) is 8.61. The number of hydrogen-bond donors (Lipinski definition) is 1. The number of aromatic nitrogens is 2. The molecule has 0 saturated heterocycles. The van der Waals surface area contributed by atoms with Crippen LogP contribution in [0.2, 0.25) is 0 Å². The third kappa shape index (κ3) is 3.55. The van der Waals surface area contributed by atoms with Gasteiger partial charge in [0.25, 0.3) is 0 Å². The molecule has 0 saturated carbocycles. The Morgan fingerprint density at radius 3 is 3.17 bits per heavy atom. The standard InChI is InChI=1S/C12H21N3O2S/c1-2-3-8-18(16,17)14-10-11-4-6-15-7-5-13-12(15)9-11/h5,7,11,14H,2-4,6,8-10H2,1H3. The highest BCUT2D eigenvalue weighted by Crippen LogP contribution is 2.18. The Balaban J connectivity index is 1.82. The van der Waals surface area contributed by atoms with Crippen LogP contribution in [-0.2, 0) is 23.0 Å². The molecule has 0 spiro atoms. The van der Waals surface area contributed by atoms with E-state index in [2.05, 4.69) is 14.3 Å². The average Bonchev–Trinajstić information content (AvgIpc) is 2.81. The van der Waals surface area contributed by atoms with Gasteiger partial charge in [0.05, 0.1) is 5.75 Å². The molecule has 5 nitrogen and oxygen atoms in total. The van der Waals surface area contributed by atoms with Crippen molar-refractivity contribution < 1.29 is 8.42 Å². The molecule has 2 heterocycles. The van der Waals surface area contributed by atoms with Gasteiger partial charge < -0.3 is 4.57 Å². The summed E-state index contributed by atoms with van der Waals surface area (Å²) in [7, 11) is -3.08. The summed E-state index contributed by atoms with van der Waals surface area (Å²) in [4.78, 5) is 4.29. The van der Waals surface area contributed by atoms with Gasteiger partial charge in [0.2, 0.25) is 10.0 Å². The van der Waals surface area contributed by atoms with Gasteiger partial charge in [0.1, 0.15) is 5.82 Å². The van der Waals surface area contributed by atoms with Gasteiger partial charge in [-0.05, 0) is 18.8 Å². The van der Waals surface area contributed by atoms with E-state index in [1.807, 2.05) is 19.3 Å². The fourth-order valence-electron chi connectivity index (χ4n) is 2.24. The zero-order valence-electron chi connectivity index (χ0n) is 10.8. The maximum Gasteiger partial charge on any atom is 0.211 e. The van der Waals surface area contributed by atoms with Crippen LogP contribution < -0.4 is 4.72 Å². The van der Waals surface area contributed by atoms with Gasteiger partial charge in [-0.2, -0.15) is 0 Å². The first kappa shape index (κ1) is 13.5. The largest absolute Gasteiger partial charge is 0.335 e. The molecular weight excluding hydrogens is 250 g/mol. The van der Waals surface area contributed by atoms with Gasteiger partial charge in [-0.1, -0.05) is 13.3 Å². The van der Waals surface area contributed by atoms with Crippen LogP contribution in [0.5, 0.6) is 0 Å². The number of fused-ring (bicyclic) bond motifs is 1. The van der Waals surface area contributed by atoms with Crippen LogP contribution in [-0.4, -0.2) is 30.3 Å². The van der Waals surface area contributed by atoms with E-state index in [9.17, 15) is 8.42 Å². The number of hydrogen-bond acceptors (Lipinski definition) is 3. The molecule has 0 radical (unpaired) electrons. The highest BCUT2D eigenvalue weighted by atomic mass is 32.2. The van der Waals surface area contributed by atoms with Gasteiger partial charge in [-0.3, -0.25) is 0 Å². The molecule has 1 N–H and O–H groups in total. The van der Waals surface area contributed by atoms with Gasteiger partial charge in [-0.15, -0.1) is 0 Å². The van der Waals surface area contributed by atoms with E-state index in [0.717, 1.165) is 38.1 Å². The maximum absolute atomic E-state index is 11.7. The molecular formula is C12H21N3O2S. The second kappa shape index (κ2) is 5.84. The van der Waals surface area contributed by atoms with E-state index in [0.29, 0.717) is 12.5 Å². The van der Waals surface area contributed by atoms with Gasteiger partial charge in [0.15, 0.2) is 0 Å². The van der Waals surface area contributed by atoms with E-state index in [4.69, 9.17) is 0 Å². The molecule has 102 valence electrons. The zero-order valence-corrected chi connectivity index (χ0v) is 11.6. The van der Waals surface area contributed by atoms with Crippen LogP contribution in [0.25, 0.3) is 0 Å². The third-order valence-corrected chi connectivity index (χ3v) is 4.84. The van der Waals surface area contributed by atoms with Gasteiger partial charge in [-0.25, -0.2) is 18.1 Å². The normalized spacial score (nSPS) is 19.7. The monoisotopic (exact) mass is 271 g/mol. The molecule has 1 aromatic heterocycles. The van der Waals surface area contributed by atoms with Gasteiger partial charge in [0, 0.05) is 31.9 Å². The Morgan fingerprint density at radius 1 is 1.56 bits per heavy atom. The zero-order chi connectivity index (χ0) is 13.0. The Morgan fingerprint density at radius 2 is 2.39 bits per heavy atom. The number of unbranched alkanes of at least 4 members (excludes halogenated alkanes) is 1. The van der Waals surface area contributed by atoms with E-state index in [-0.39, 0.29) is 5.75 Å². The van der Waals surface area contributed by atoms with Crippen molar-refractivity contribution in [2.45, 2.75) is 39.2 Å². The first-order valence-corrected chi connectivity index (χ1v) is 8.23. The summed E-state index contributed by atoms with van der Waals surface area (Å²) >= 11 is 0. The Hall–Kier alpha value is -0.880. The predicted molar refractivity (Wildman–Crippen MR) is 70.7 cm³/mol. The maximum atomic E-state index is 11.7. The van der Waals surface area contributed by atoms with Gasteiger partial charge >= 0.3 is 0 Å². The molecule has 0 amide bonds. The summed E-state index contributed by atoms with van der Waals surface area (Å²) in [6.45, 7) is 3.48. The number of imidazole rings is 1. The molecule has 1 aliphatic rings. The lowest BCUT2D eigenvalue weighted by Crippen LogP contribution is -2.34. The van der Waals surface area contributed by atoms with Crippen molar-refractivity contribution in [1.29, 1.82) is 0 Å². The number of rotatable bonds is 6. The topological polar surface area (TPSA) is 64.0 Å². The van der Waals surface area contributed by atoms with Crippen LogP contribution in [0.1, 0.15) is 32.0 Å². The molecule has 2 rings (SSSR count). The fraction of sp³-hybridized carbons (Fsp3) is 0.750. The van der Waals surface area contributed by atoms with Crippen molar-refractivity contribution in [2.75, 3.05) is 12.3 Å². The molecule has 0 aliphatic carbocycles. The summed E-state index contributed by atoms with van der Waals surface area (Å²) in [6, 6.07) is 0. The third-order valence-electron chi connectivity index (χ3n) is 3.41. The summed E-state index contributed by atoms with van der Waals surface area (Å²) in [5.74, 6) is 1.68. The molecule has 0 fully saturated rings. The second-order valence-electron chi connectivity index (χ2n) is 4.92. The van der Waals surface area contributed by atoms with Crippen molar-refractivity contribution in [1.82, 2.24) is 14.3 Å². The molecule has 18 heavy (non-hydrogen) atoms. The quantitative estimate of drug-likeness (QED) is 0.844. The lowest BCUT2D eigenvalue weighted by molar-refractivity contribution is 0.379. The Kier molecular flexibility index (Phi) is 4.40. The minimum atomic E-state index is -3.08. The van der Waals surface area contributed by atoms with Crippen molar-refractivity contribution in [2.24, 2.45) is 5.92 Å². The lowest BCUT2D eigenvalue weighted by atomic mass is 9.98. The highest BCUT2D eigenvalue weighted by Gasteiger charge is 2.20. The van der Waals surface area contributed by atoms with Crippen LogP contribution in [0.15, 0.2) is 12.4 Å². The minimum absolute atomic E-state index is 0.241. The van der Waals surface area contributed by atoms with Crippen molar-refractivity contribution in [3.05, 3.63) is 18.2 Å².